The zero-order valence-electron chi connectivity index (χ0n) is 9.64. The molecule has 0 saturated heterocycles. The van der Waals surface area contributed by atoms with Crippen LogP contribution in [-0.2, 0) is 9.67 Å². The molecule has 0 amide bonds. The fraction of sp³-hybridized carbons (Fsp3) is 0.133. The van der Waals surface area contributed by atoms with Gasteiger partial charge >= 0.3 is 0 Å². The van der Waals surface area contributed by atoms with Crippen LogP contribution in [0.2, 0.25) is 0 Å². The van der Waals surface area contributed by atoms with Gasteiger partial charge in [-0.15, -0.1) is 23.2 Å². The van der Waals surface area contributed by atoms with Crippen LogP contribution in [0.25, 0.3) is 0 Å². The molecule has 18 heavy (non-hydrogen) atoms. The van der Waals surface area contributed by atoms with E-state index in [1.54, 1.807) is 0 Å². The molecule has 0 N–H and O–H groups in total. The van der Waals surface area contributed by atoms with Crippen molar-refractivity contribution in [2.75, 3.05) is 5.88 Å². The van der Waals surface area contributed by atoms with E-state index in [1.807, 2.05) is 60.7 Å². The van der Waals surface area contributed by atoms with E-state index < -0.39 is 4.87 Å². The summed E-state index contributed by atoms with van der Waals surface area (Å²) in [5.74, 6) is -0.337. The molecule has 0 aliphatic rings. The van der Waals surface area contributed by atoms with Gasteiger partial charge in [-0.3, -0.25) is 4.79 Å². The van der Waals surface area contributed by atoms with E-state index in [2.05, 4.69) is 0 Å². The number of halogens is 2. The number of carbonyl (C=O) groups excluding carboxylic acids is 1. The number of benzene rings is 2. The average Bonchev–Trinajstić information content (AvgIpc) is 2.47. The van der Waals surface area contributed by atoms with Crippen LogP contribution in [0.4, 0.5) is 0 Å². The molecule has 0 fully saturated rings. The average molecular weight is 279 g/mol. The maximum atomic E-state index is 12.2. The first-order chi connectivity index (χ1) is 8.69. The van der Waals surface area contributed by atoms with Gasteiger partial charge in [-0.1, -0.05) is 60.7 Å². The Kier molecular flexibility index (Phi) is 4.05. The lowest BCUT2D eigenvalue weighted by molar-refractivity contribution is -0.118. The molecule has 0 bridgehead atoms. The maximum Gasteiger partial charge on any atom is 0.177 e. The van der Waals surface area contributed by atoms with Crippen molar-refractivity contribution in [2.24, 2.45) is 0 Å². The molecule has 0 atom stereocenters. The second-order valence-electron chi connectivity index (χ2n) is 3.95. The summed E-state index contributed by atoms with van der Waals surface area (Å²) in [4.78, 5) is 11.0. The summed E-state index contributed by atoms with van der Waals surface area (Å²) in [6.07, 6.45) is 0. The first-order valence-corrected chi connectivity index (χ1v) is 6.50. The molecule has 92 valence electrons. The molecular formula is C15H12Cl2O. The second-order valence-corrected chi connectivity index (χ2v) is 4.78. The zero-order chi connectivity index (χ0) is 13.0. The highest BCUT2D eigenvalue weighted by Gasteiger charge is 2.38. The van der Waals surface area contributed by atoms with Crippen LogP contribution in [0.5, 0.6) is 0 Å². The van der Waals surface area contributed by atoms with Gasteiger partial charge in [-0.05, 0) is 11.1 Å². The monoisotopic (exact) mass is 278 g/mol. The van der Waals surface area contributed by atoms with E-state index >= 15 is 0 Å². The number of hydrogen-bond donors (Lipinski definition) is 0. The number of carbonyl (C=O) groups is 1. The molecule has 1 nitrogen and oxygen atoms in total. The van der Waals surface area contributed by atoms with Gasteiger partial charge in [0, 0.05) is 0 Å². The Bertz CT molecular complexity index is 483. The van der Waals surface area contributed by atoms with Crippen molar-refractivity contribution in [3.8, 4) is 0 Å². The third-order valence-electron chi connectivity index (χ3n) is 2.85. The molecule has 3 heteroatoms. The zero-order valence-corrected chi connectivity index (χ0v) is 11.2. The third-order valence-corrected chi connectivity index (χ3v) is 3.74. The smallest absolute Gasteiger partial charge is 0.177 e. The molecule has 0 radical (unpaired) electrons. The first-order valence-electron chi connectivity index (χ1n) is 5.59. The summed E-state index contributed by atoms with van der Waals surface area (Å²) in [7, 11) is 0. The number of alkyl halides is 2. The minimum Gasteiger partial charge on any atom is -0.296 e. The molecule has 0 aliphatic heterocycles. The fourth-order valence-corrected chi connectivity index (χ4v) is 2.50. The number of ketones is 1. The molecule has 2 rings (SSSR count). The summed E-state index contributed by atoms with van der Waals surface area (Å²) in [5, 5.41) is 0. The van der Waals surface area contributed by atoms with Gasteiger partial charge in [0.15, 0.2) is 10.7 Å². The maximum absolute atomic E-state index is 12.2. The van der Waals surface area contributed by atoms with E-state index in [0.717, 1.165) is 11.1 Å². The van der Waals surface area contributed by atoms with E-state index in [9.17, 15) is 4.79 Å². The highest BCUT2D eigenvalue weighted by Crippen LogP contribution is 2.37. The molecule has 0 unspecified atom stereocenters. The molecule has 0 spiro atoms. The SMILES string of the molecule is O=C(CCl)C(Cl)(c1ccccc1)c1ccccc1. The molecule has 2 aromatic carbocycles. The summed E-state index contributed by atoms with van der Waals surface area (Å²) in [5.41, 5.74) is 1.48. The first kappa shape index (κ1) is 13.1. The lowest BCUT2D eigenvalue weighted by atomic mass is 9.87. The van der Waals surface area contributed by atoms with Crippen LogP contribution in [0, 0.1) is 0 Å². The Balaban J connectivity index is 2.59. The van der Waals surface area contributed by atoms with Crippen LogP contribution in [0.3, 0.4) is 0 Å². The van der Waals surface area contributed by atoms with Gasteiger partial charge in [0.2, 0.25) is 0 Å². The largest absolute Gasteiger partial charge is 0.296 e. The van der Waals surface area contributed by atoms with Crippen molar-refractivity contribution in [3.63, 3.8) is 0 Å². The number of rotatable bonds is 4. The van der Waals surface area contributed by atoms with Crippen molar-refractivity contribution < 1.29 is 4.79 Å². The minimum atomic E-state index is -1.20. The summed E-state index contributed by atoms with van der Waals surface area (Å²) in [6, 6.07) is 18.6. The van der Waals surface area contributed by atoms with E-state index in [-0.39, 0.29) is 11.7 Å². The Morgan fingerprint density at radius 2 is 1.28 bits per heavy atom. The number of Topliss-reactive ketones (excluding diaryl/α,β-unsaturated/α-hetero) is 1. The van der Waals surface area contributed by atoms with Crippen LogP contribution in [0.15, 0.2) is 60.7 Å². The predicted molar refractivity (Wildman–Crippen MR) is 75.2 cm³/mol. The Labute approximate surface area is 116 Å². The topological polar surface area (TPSA) is 17.1 Å². The van der Waals surface area contributed by atoms with Crippen LogP contribution in [0.1, 0.15) is 11.1 Å². The third kappa shape index (κ3) is 2.29. The van der Waals surface area contributed by atoms with Crippen molar-refractivity contribution in [3.05, 3.63) is 71.8 Å². The van der Waals surface area contributed by atoms with E-state index in [0.29, 0.717) is 0 Å². The summed E-state index contributed by atoms with van der Waals surface area (Å²) >= 11 is 12.3. The molecule has 0 heterocycles. The Morgan fingerprint density at radius 3 is 1.61 bits per heavy atom. The molecule has 2 aromatic rings. The molecular weight excluding hydrogens is 267 g/mol. The number of hydrogen-bond acceptors (Lipinski definition) is 1. The predicted octanol–water partition coefficient (Wildman–Crippen LogP) is 3.98. The van der Waals surface area contributed by atoms with Gasteiger partial charge in [-0.2, -0.15) is 0 Å². The van der Waals surface area contributed by atoms with Gasteiger partial charge in [0.25, 0.3) is 0 Å². The van der Waals surface area contributed by atoms with E-state index in [1.165, 1.54) is 0 Å². The quantitative estimate of drug-likeness (QED) is 0.774. The van der Waals surface area contributed by atoms with Crippen LogP contribution >= 0.6 is 23.2 Å². The Morgan fingerprint density at radius 1 is 0.889 bits per heavy atom. The second kappa shape index (κ2) is 5.55. The van der Waals surface area contributed by atoms with Gasteiger partial charge < -0.3 is 0 Å². The van der Waals surface area contributed by atoms with Crippen molar-refractivity contribution in [1.29, 1.82) is 0 Å². The highest BCUT2D eigenvalue weighted by molar-refractivity contribution is 6.42. The van der Waals surface area contributed by atoms with Gasteiger partial charge in [0.1, 0.15) is 0 Å². The van der Waals surface area contributed by atoms with Crippen LogP contribution < -0.4 is 0 Å². The van der Waals surface area contributed by atoms with Crippen molar-refractivity contribution in [2.45, 2.75) is 4.87 Å². The van der Waals surface area contributed by atoms with Gasteiger partial charge in [-0.25, -0.2) is 0 Å². The minimum absolute atomic E-state index is 0.118. The molecule has 0 aromatic heterocycles. The fourth-order valence-electron chi connectivity index (χ4n) is 1.92. The van der Waals surface area contributed by atoms with Crippen molar-refractivity contribution in [1.82, 2.24) is 0 Å². The lowest BCUT2D eigenvalue weighted by Gasteiger charge is -2.26. The lowest BCUT2D eigenvalue weighted by Crippen LogP contribution is -2.32. The Hall–Kier alpha value is -1.31. The van der Waals surface area contributed by atoms with Gasteiger partial charge in [0.05, 0.1) is 5.88 Å². The highest BCUT2D eigenvalue weighted by atomic mass is 35.5. The summed E-state index contributed by atoms with van der Waals surface area (Å²) < 4.78 is 0. The van der Waals surface area contributed by atoms with Crippen molar-refractivity contribution >= 4 is 29.0 Å². The van der Waals surface area contributed by atoms with Crippen LogP contribution in [-0.4, -0.2) is 11.7 Å². The molecule has 0 saturated carbocycles. The normalized spacial score (nSPS) is 11.2. The standard InChI is InChI=1S/C15H12Cl2O/c16-11-14(18)15(17,12-7-3-1-4-8-12)13-9-5-2-6-10-13/h1-10H,11H2. The summed E-state index contributed by atoms with van der Waals surface area (Å²) in [6.45, 7) is 0. The molecule has 0 aliphatic carbocycles. The van der Waals surface area contributed by atoms with E-state index in [4.69, 9.17) is 23.2 Å².